The van der Waals surface area contributed by atoms with E-state index >= 15 is 0 Å². The monoisotopic (exact) mass is 261 g/mol. The Labute approximate surface area is 110 Å². The van der Waals surface area contributed by atoms with Crippen molar-refractivity contribution < 1.29 is 14.7 Å². The molecule has 2 N–H and O–H groups in total. The normalized spacial score (nSPS) is 10.6. The molecule has 1 aromatic carbocycles. The summed E-state index contributed by atoms with van der Waals surface area (Å²) in [6.07, 6.45) is 2.09. The van der Waals surface area contributed by atoms with E-state index in [1.807, 2.05) is 0 Å². The summed E-state index contributed by atoms with van der Waals surface area (Å²) < 4.78 is 0. The van der Waals surface area contributed by atoms with E-state index in [9.17, 15) is 9.59 Å². The molecule has 1 heterocycles. The number of aromatic nitrogens is 2. The fraction of sp³-hybridized carbons (Fsp3) is 0.308. The molecule has 0 spiro atoms. The zero-order chi connectivity index (χ0) is 13.8. The van der Waals surface area contributed by atoms with E-state index in [0.29, 0.717) is 18.5 Å². The van der Waals surface area contributed by atoms with Crippen molar-refractivity contribution in [3.05, 3.63) is 30.1 Å². The number of hydrogen-bond acceptors (Lipinski definition) is 3. The number of imidazole rings is 1. The lowest BCUT2D eigenvalue weighted by atomic mass is 10.1. The number of aromatic amines is 1. The molecule has 0 radical (unpaired) electrons. The van der Waals surface area contributed by atoms with Crippen LogP contribution in [-0.2, 0) is 4.79 Å². The summed E-state index contributed by atoms with van der Waals surface area (Å²) in [6.45, 7) is 0.423. The minimum Gasteiger partial charge on any atom is -0.481 e. The largest absolute Gasteiger partial charge is 0.481 e. The number of carboxylic acid groups (broad SMARTS) is 1. The van der Waals surface area contributed by atoms with E-state index in [4.69, 9.17) is 5.11 Å². The first kappa shape index (κ1) is 13.1. The highest BCUT2D eigenvalue weighted by molar-refractivity contribution is 5.97. The first-order valence-corrected chi connectivity index (χ1v) is 5.98. The number of nitrogens with zero attached hydrogens (tertiary/aromatic N) is 2. The van der Waals surface area contributed by atoms with Crippen molar-refractivity contribution in [2.75, 3.05) is 13.6 Å². The zero-order valence-corrected chi connectivity index (χ0v) is 10.6. The average molecular weight is 261 g/mol. The Kier molecular flexibility index (Phi) is 3.79. The fourth-order valence-corrected chi connectivity index (χ4v) is 1.86. The molecule has 0 unspecified atom stereocenters. The van der Waals surface area contributed by atoms with E-state index in [-0.39, 0.29) is 12.3 Å². The van der Waals surface area contributed by atoms with E-state index in [1.165, 1.54) is 4.90 Å². The van der Waals surface area contributed by atoms with Crippen molar-refractivity contribution in [2.45, 2.75) is 12.8 Å². The van der Waals surface area contributed by atoms with E-state index in [0.717, 1.165) is 11.0 Å². The number of nitrogens with one attached hydrogen (secondary N) is 1. The van der Waals surface area contributed by atoms with Gasteiger partial charge in [-0.3, -0.25) is 9.59 Å². The Hall–Kier alpha value is -2.37. The SMILES string of the molecule is CN(CCCC(=O)O)C(=O)c1ccc2nc[nH]c2c1. The lowest BCUT2D eigenvalue weighted by molar-refractivity contribution is -0.137. The number of rotatable bonds is 5. The molecule has 0 bridgehead atoms. The van der Waals surface area contributed by atoms with Gasteiger partial charge < -0.3 is 15.0 Å². The van der Waals surface area contributed by atoms with Gasteiger partial charge in [0.1, 0.15) is 0 Å². The molecule has 100 valence electrons. The topological polar surface area (TPSA) is 86.3 Å². The van der Waals surface area contributed by atoms with Crippen LogP contribution < -0.4 is 0 Å². The van der Waals surface area contributed by atoms with E-state index in [2.05, 4.69) is 9.97 Å². The van der Waals surface area contributed by atoms with Crippen LogP contribution in [0, 0.1) is 0 Å². The van der Waals surface area contributed by atoms with Crippen molar-refractivity contribution in [2.24, 2.45) is 0 Å². The molecule has 6 heteroatoms. The summed E-state index contributed by atoms with van der Waals surface area (Å²) in [7, 11) is 1.67. The van der Waals surface area contributed by atoms with Crippen LogP contribution in [0.1, 0.15) is 23.2 Å². The molecule has 0 aliphatic carbocycles. The fourth-order valence-electron chi connectivity index (χ4n) is 1.86. The standard InChI is InChI=1S/C13H15N3O3/c1-16(6-2-3-12(17)18)13(19)9-4-5-10-11(7-9)15-8-14-10/h4-5,7-8H,2-3,6H2,1H3,(H,14,15)(H,17,18). The molecule has 0 saturated heterocycles. The van der Waals surface area contributed by atoms with Crippen LogP contribution in [0.25, 0.3) is 11.0 Å². The third kappa shape index (κ3) is 3.09. The summed E-state index contributed by atoms with van der Waals surface area (Å²) in [6, 6.07) is 5.25. The number of carbonyl (C=O) groups excluding carboxylic acids is 1. The molecule has 0 aliphatic heterocycles. The Bertz CT molecular complexity index is 606. The van der Waals surface area contributed by atoms with Crippen LogP contribution in [0.2, 0.25) is 0 Å². The highest BCUT2D eigenvalue weighted by Crippen LogP contribution is 2.13. The average Bonchev–Trinajstić information content (AvgIpc) is 2.84. The highest BCUT2D eigenvalue weighted by atomic mass is 16.4. The Balaban J connectivity index is 2.03. The Morgan fingerprint density at radius 2 is 2.21 bits per heavy atom. The number of benzene rings is 1. The number of fused-ring (bicyclic) bond motifs is 1. The number of H-pyrrole nitrogens is 1. The number of carboxylic acids is 1. The van der Waals surface area contributed by atoms with Gasteiger partial charge in [-0.15, -0.1) is 0 Å². The van der Waals surface area contributed by atoms with Gasteiger partial charge in [0.15, 0.2) is 0 Å². The summed E-state index contributed by atoms with van der Waals surface area (Å²) >= 11 is 0. The summed E-state index contributed by atoms with van der Waals surface area (Å²) in [5.74, 6) is -0.971. The third-order valence-electron chi connectivity index (χ3n) is 2.90. The third-order valence-corrected chi connectivity index (χ3v) is 2.90. The Morgan fingerprint density at radius 1 is 1.42 bits per heavy atom. The van der Waals surface area contributed by atoms with Crippen molar-refractivity contribution >= 4 is 22.9 Å². The zero-order valence-electron chi connectivity index (χ0n) is 10.6. The quantitative estimate of drug-likeness (QED) is 0.854. The summed E-state index contributed by atoms with van der Waals surface area (Å²) in [4.78, 5) is 31.1. The molecule has 2 aromatic rings. The summed E-state index contributed by atoms with van der Waals surface area (Å²) in [5.41, 5.74) is 2.18. The molecule has 0 fully saturated rings. The van der Waals surface area contributed by atoms with E-state index < -0.39 is 5.97 Å². The van der Waals surface area contributed by atoms with Crippen LogP contribution in [0.5, 0.6) is 0 Å². The second kappa shape index (κ2) is 5.51. The number of amides is 1. The molecule has 19 heavy (non-hydrogen) atoms. The molecule has 1 aromatic heterocycles. The van der Waals surface area contributed by atoms with Gasteiger partial charge in [0.05, 0.1) is 17.4 Å². The predicted octanol–water partition coefficient (Wildman–Crippen LogP) is 1.50. The number of aliphatic carboxylic acids is 1. The number of hydrogen-bond donors (Lipinski definition) is 2. The van der Waals surface area contributed by atoms with Crippen molar-refractivity contribution in [3.8, 4) is 0 Å². The maximum atomic E-state index is 12.1. The second-order valence-electron chi connectivity index (χ2n) is 4.36. The second-order valence-corrected chi connectivity index (χ2v) is 4.36. The van der Waals surface area contributed by atoms with Crippen molar-refractivity contribution in [1.82, 2.24) is 14.9 Å². The lowest BCUT2D eigenvalue weighted by Crippen LogP contribution is -2.28. The maximum absolute atomic E-state index is 12.1. The molecule has 0 aliphatic rings. The molecule has 0 atom stereocenters. The molecule has 0 saturated carbocycles. The molecule has 6 nitrogen and oxygen atoms in total. The van der Waals surface area contributed by atoms with Gasteiger partial charge in [-0.25, -0.2) is 4.98 Å². The van der Waals surface area contributed by atoms with Crippen LogP contribution in [0.15, 0.2) is 24.5 Å². The molecule has 2 rings (SSSR count). The van der Waals surface area contributed by atoms with Gasteiger partial charge in [-0.2, -0.15) is 0 Å². The van der Waals surface area contributed by atoms with Crippen molar-refractivity contribution in [1.29, 1.82) is 0 Å². The van der Waals surface area contributed by atoms with Gasteiger partial charge in [0, 0.05) is 25.6 Å². The maximum Gasteiger partial charge on any atom is 0.303 e. The van der Waals surface area contributed by atoms with Gasteiger partial charge in [-0.1, -0.05) is 0 Å². The number of carbonyl (C=O) groups is 2. The smallest absolute Gasteiger partial charge is 0.303 e. The van der Waals surface area contributed by atoms with Crippen LogP contribution >= 0.6 is 0 Å². The van der Waals surface area contributed by atoms with Gasteiger partial charge in [-0.05, 0) is 24.6 Å². The van der Waals surface area contributed by atoms with Gasteiger partial charge in [0.2, 0.25) is 0 Å². The Morgan fingerprint density at radius 3 is 2.95 bits per heavy atom. The first-order valence-electron chi connectivity index (χ1n) is 5.98. The van der Waals surface area contributed by atoms with Crippen LogP contribution in [-0.4, -0.2) is 45.4 Å². The minimum atomic E-state index is -0.847. The van der Waals surface area contributed by atoms with E-state index in [1.54, 1.807) is 31.6 Å². The van der Waals surface area contributed by atoms with Gasteiger partial charge in [0.25, 0.3) is 5.91 Å². The predicted molar refractivity (Wildman–Crippen MR) is 69.9 cm³/mol. The highest BCUT2D eigenvalue weighted by Gasteiger charge is 2.12. The van der Waals surface area contributed by atoms with Crippen LogP contribution in [0.4, 0.5) is 0 Å². The molecule has 1 amide bonds. The van der Waals surface area contributed by atoms with Crippen molar-refractivity contribution in [3.63, 3.8) is 0 Å². The molecular weight excluding hydrogens is 246 g/mol. The first-order chi connectivity index (χ1) is 9.08. The van der Waals surface area contributed by atoms with Gasteiger partial charge >= 0.3 is 5.97 Å². The minimum absolute atomic E-state index is 0.0667. The van der Waals surface area contributed by atoms with Crippen LogP contribution in [0.3, 0.4) is 0 Å². The summed E-state index contributed by atoms with van der Waals surface area (Å²) in [5, 5.41) is 8.56. The molecular formula is C13H15N3O3. The lowest BCUT2D eigenvalue weighted by Gasteiger charge is -2.16.